The fourth-order valence-electron chi connectivity index (χ4n) is 2.74. The van der Waals surface area contributed by atoms with E-state index in [1.807, 2.05) is 0 Å². The molecule has 0 radical (unpaired) electrons. The molecule has 0 unspecified atom stereocenters. The molecule has 7 heteroatoms. The van der Waals surface area contributed by atoms with E-state index in [0.29, 0.717) is 38.7 Å². The fraction of sp³-hybridized carbons (Fsp3) is 0.158. The van der Waals surface area contributed by atoms with Gasteiger partial charge >= 0.3 is 0 Å². The first-order chi connectivity index (χ1) is 12.4. The van der Waals surface area contributed by atoms with Crippen molar-refractivity contribution in [2.24, 2.45) is 0 Å². The number of carbonyl (C=O) groups excluding carboxylic acids is 2. The largest absolute Gasteiger partial charge is 0.497 e. The summed E-state index contributed by atoms with van der Waals surface area (Å²) in [6.45, 7) is 1.42. The minimum absolute atomic E-state index is 0.213. The Kier molecular flexibility index (Phi) is 4.86. The molecular formula is C19H17ClN2O4. The lowest BCUT2D eigenvalue weighted by Crippen LogP contribution is -2.13. The molecule has 0 aliphatic heterocycles. The summed E-state index contributed by atoms with van der Waals surface area (Å²) in [5.41, 5.74) is 1.40. The number of rotatable bonds is 4. The van der Waals surface area contributed by atoms with Crippen LogP contribution in [0.2, 0.25) is 5.02 Å². The SMILES string of the molecule is COc1ccc(OC)c(NC(=O)c2cn(C(C)=O)c3cc(Cl)ccc23)c1. The molecule has 134 valence electrons. The van der Waals surface area contributed by atoms with Crippen molar-refractivity contribution >= 4 is 40.0 Å². The average Bonchev–Trinajstić information content (AvgIpc) is 3.00. The topological polar surface area (TPSA) is 69.6 Å². The van der Waals surface area contributed by atoms with Gasteiger partial charge in [0.25, 0.3) is 5.91 Å². The van der Waals surface area contributed by atoms with Gasteiger partial charge in [-0.1, -0.05) is 17.7 Å². The van der Waals surface area contributed by atoms with Crippen molar-refractivity contribution in [3.63, 3.8) is 0 Å². The lowest BCUT2D eigenvalue weighted by Gasteiger charge is -2.11. The molecule has 0 aliphatic carbocycles. The van der Waals surface area contributed by atoms with Crippen LogP contribution < -0.4 is 14.8 Å². The van der Waals surface area contributed by atoms with E-state index in [1.54, 1.807) is 36.4 Å². The Morgan fingerprint density at radius 2 is 1.85 bits per heavy atom. The Morgan fingerprint density at radius 1 is 1.08 bits per heavy atom. The number of carbonyl (C=O) groups is 2. The highest BCUT2D eigenvalue weighted by atomic mass is 35.5. The molecule has 1 heterocycles. The van der Waals surface area contributed by atoms with Crippen LogP contribution >= 0.6 is 11.6 Å². The number of ether oxygens (including phenoxy) is 2. The predicted octanol–water partition coefficient (Wildman–Crippen LogP) is 4.22. The van der Waals surface area contributed by atoms with Gasteiger partial charge in [-0.15, -0.1) is 0 Å². The van der Waals surface area contributed by atoms with Crippen molar-refractivity contribution in [1.29, 1.82) is 0 Å². The van der Waals surface area contributed by atoms with Crippen molar-refractivity contribution < 1.29 is 19.1 Å². The zero-order valence-electron chi connectivity index (χ0n) is 14.5. The molecule has 0 aliphatic rings. The standard InChI is InChI=1S/C19H17ClN2O4/c1-11(23)22-10-15(14-6-4-12(20)8-17(14)22)19(24)21-16-9-13(25-2)5-7-18(16)26-3/h4-10H,1-3H3,(H,21,24). The van der Waals surface area contributed by atoms with E-state index in [1.165, 1.54) is 31.9 Å². The second-order valence-corrected chi connectivity index (χ2v) is 6.05. The van der Waals surface area contributed by atoms with Gasteiger partial charge in [0.1, 0.15) is 11.5 Å². The maximum Gasteiger partial charge on any atom is 0.257 e. The van der Waals surface area contributed by atoms with Crippen LogP contribution in [0.15, 0.2) is 42.6 Å². The predicted molar refractivity (Wildman–Crippen MR) is 101 cm³/mol. The number of hydrogen-bond acceptors (Lipinski definition) is 4. The zero-order valence-corrected chi connectivity index (χ0v) is 15.3. The van der Waals surface area contributed by atoms with Crippen LogP contribution in [0.5, 0.6) is 11.5 Å². The van der Waals surface area contributed by atoms with Crippen LogP contribution in [0.3, 0.4) is 0 Å². The maximum atomic E-state index is 12.9. The highest BCUT2D eigenvalue weighted by Crippen LogP contribution is 2.31. The summed E-state index contributed by atoms with van der Waals surface area (Å²) in [5.74, 6) is 0.496. The molecule has 0 saturated heterocycles. The summed E-state index contributed by atoms with van der Waals surface area (Å²) >= 11 is 6.03. The second kappa shape index (κ2) is 7.09. The summed E-state index contributed by atoms with van der Waals surface area (Å²) in [7, 11) is 3.05. The quantitative estimate of drug-likeness (QED) is 0.744. The molecule has 0 saturated carbocycles. The minimum atomic E-state index is -0.371. The van der Waals surface area contributed by atoms with Gasteiger partial charge in [-0.2, -0.15) is 0 Å². The second-order valence-electron chi connectivity index (χ2n) is 5.61. The van der Waals surface area contributed by atoms with Crippen LogP contribution in [-0.2, 0) is 0 Å². The minimum Gasteiger partial charge on any atom is -0.497 e. The fourth-order valence-corrected chi connectivity index (χ4v) is 2.91. The Bertz CT molecular complexity index is 1010. The van der Waals surface area contributed by atoms with E-state index in [-0.39, 0.29) is 11.8 Å². The van der Waals surface area contributed by atoms with E-state index in [2.05, 4.69) is 5.32 Å². The number of nitrogens with one attached hydrogen (secondary N) is 1. The first kappa shape index (κ1) is 17.8. The number of anilines is 1. The molecular weight excluding hydrogens is 356 g/mol. The number of aromatic nitrogens is 1. The smallest absolute Gasteiger partial charge is 0.257 e. The van der Waals surface area contributed by atoms with Crippen LogP contribution in [0.1, 0.15) is 22.1 Å². The molecule has 26 heavy (non-hydrogen) atoms. The Balaban J connectivity index is 2.05. The normalized spacial score (nSPS) is 10.6. The summed E-state index contributed by atoms with van der Waals surface area (Å²) in [6.07, 6.45) is 1.51. The lowest BCUT2D eigenvalue weighted by atomic mass is 10.1. The van der Waals surface area contributed by atoms with Crippen LogP contribution in [-0.4, -0.2) is 30.6 Å². The van der Waals surface area contributed by atoms with E-state index in [0.717, 1.165) is 0 Å². The average molecular weight is 373 g/mol. The zero-order chi connectivity index (χ0) is 18.8. The summed E-state index contributed by atoms with van der Waals surface area (Å²) in [4.78, 5) is 24.8. The van der Waals surface area contributed by atoms with Gasteiger partial charge in [-0.25, -0.2) is 0 Å². The Labute approximate surface area is 155 Å². The van der Waals surface area contributed by atoms with Gasteiger partial charge in [0.2, 0.25) is 5.91 Å². The number of fused-ring (bicyclic) bond motifs is 1. The molecule has 2 aromatic carbocycles. The third kappa shape index (κ3) is 3.23. The van der Waals surface area contributed by atoms with Crippen molar-refractivity contribution in [1.82, 2.24) is 4.57 Å². The van der Waals surface area contributed by atoms with E-state index in [4.69, 9.17) is 21.1 Å². The van der Waals surface area contributed by atoms with Crippen LogP contribution in [0, 0.1) is 0 Å². The number of nitrogens with zero attached hydrogens (tertiary/aromatic N) is 1. The lowest BCUT2D eigenvalue weighted by molar-refractivity contribution is 0.0941. The third-order valence-corrected chi connectivity index (χ3v) is 4.24. The maximum absolute atomic E-state index is 12.9. The van der Waals surface area contributed by atoms with Crippen molar-refractivity contribution in [3.05, 3.63) is 53.2 Å². The highest BCUT2D eigenvalue weighted by molar-refractivity contribution is 6.31. The molecule has 0 spiro atoms. The third-order valence-electron chi connectivity index (χ3n) is 4.01. The number of methoxy groups -OCH3 is 2. The molecule has 0 atom stereocenters. The van der Waals surface area contributed by atoms with Gasteiger partial charge in [-0.3, -0.25) is 14.2 Å². The summed E-state index contributed by atoms with van der Waals surface area (Å²) in [6, 6.07) is 10.1. The molecule has 3 aromatic rings. The molecule has 0 bridgehead atoms. The van der Waals surface area contributed by atoms with E-state index >= 15 is 0 Å². The van der Waals surface area contributed by atoms with E-state index < -0.39 is 0 Å². The van der Waals surface area contributed by atoms with Crippen LogP contribution in [0.4, 0.5) is 5.69 Å². The number of halogens is 1. The van der Waals surface area contributed by atoms with Gasteiger partial charge in [0.15, 0.2) is 0 Å². The van der Waals surface area contributed by atoms with Gasteiger partial charge in [0.05, 0.1) is 31.0 Å². The van der Waals surface area contributed by atoms with Gasteiger partial charge < -0.3 is 14.8 Å². The highest BCUT2D eigenvalue weighted by Gasteiger charge is 2.18. The van der Waals surface area contributed by atoms with Gasteiger partial charge in [-0.05, 0) is 24.3 Å². The first-order valence-corrected chi connectivity index (χ1v) is 8.17. The van der Waals surface area contributed by atoms with E-state index in [9.17, 15) is 9.59 Å². The first-order valence-electron chi connectivity index (χ1n) is 7.79. The van der Waals surface area contributed by atoms with Crippen LogP contribution in [0.25, 0.3) is 10.9 Å². The molecule has 1 amide bonds. The molecule has 0 fully saturated rings. The van der Waals surface area contributed by atoms with Gasteiger partial charge in [0, 0.05) is 29.6 Å². The molecule has 3 rings (SSSR count). The molecule has 1 aromatic heterocycles. The van der Waals surface area contributed by atoms with Crippen molar-refractivity contribution in [2.75, 3.05) is 19.5 Å². The Hall–Kier alpha value is -2.99. The summed E-state index contributed by atoms with van der Waals surface area (Å²) < 4.78 is 11.9. The number of benzene rings is 2. The number of hydrogen-bond donors (Lipinski definition) is 1. The van der Waals surface area contributed by atoms with Crippen molar-refractivity contribution in [2.45, 2.75) is 6.92 Å². The monoisotopic (exact) mass is 372 g/mol. The number of amides is 1. The molecule has 6 nitrogen and oxygen atoms in total. The van der Waals surface area contributed by atoms with Crippen molar-refractivity contribution in [3.8, 4) is 11.5 Å². The summed E-state index contributed by atoms with van der Waals surface area (Å²) in [5, 5.41) is 3.92. The molecule has 1 N–H and O–H groups in total. The Morgan fingerprint density at radius 3 is 2.50 bits per heavy atom.